The third-order valence-corrected chi connectivity index (χ3v) is 5.84. The molecule has 0 radical (unpaired) electrons. The Labute approximate surface area is 164 Å². The van der Waals surface area contributed by atoms with Crippen LogP contribution in [0.4, 0.5) is 0 Å². The Balaban J connectivity index is 1.35. The Hall–Kier alpha value is -2.70. The molecule has 1 N–H and O–H groups in total. The van der Waals surface area contributed by atoms with E-state index in [1.54, 1.807) is 0 Å². The molecule has 0 aliphatic carbocycles. The number of oxazole rings is 1. The number of carbonyl (C=O) groups excluding carboxylic acids is 1. The number of piperazine rings is 2. The molecule has 6 nitrogen and oxygen atoms in total. The highest BCUT2D eigenvalue weighted by atomic mass is 16.4. The predicted octanol–water partition coefficient (Wildman–Crippen LogP) is 2.42. The van der Waals surface area contributed by atoms with Crippen molar-refractivity contribution in [1.82, 2.24) is 20.1 Å². The van der Waals surface area contributed by atoms with Gasteiger partial charge in [-0.25, -0.2) is 4.98 Å². The summed E-state index contributed by atoms with van der Waals surface area (Å²) in [6.45, 7) is 6.99. The molecule has 1 amide bonds. The smallest absolute Gasteiger partial charge is 0.238 e. The number of amides is 1. The van der Waals surface area contributed by atoms with Crippen LogP contribution >= 0.6 is 0 Å². The molecule has 1 atom stereocenters. The van der Waals surface area contributed by atoms with Crippen LogP contribution in [0.25, 0.3) is 22.2 Å². The molecule has 1 aromatic heterocycles. The lowest BCUT2D eigenvalue weighted by molar-refractivity contribution is -0.132. The van der Waals surface area contributed by atoms with Crippen LogP contribution < -0.4 is 5.32 Å². The van der Waals surface area contributed by atoms with Crippen LogP contribution in [0.3, 0.4) is 0 Å². The Morgan fingerprint density at radius 1 is 1.14 bits per heavy atom. The molecular formula is C22H24N4O2. The molecule has 2 fully saturated rings. The lowest BCUT2D eigenvalue weighted by Gasteiger charge is -2.42. The van der Waals surface area contributed by atoms with Crippen molar-refractivity contribution in [2.75, 3.05) is 32.7 Å². The van der Waals surface area contributed by atoms with Gasteiger partial charge in [0.1, 0.15) is 11.8 Å². The van der Waals surface area contributed by atoms with Crippen molar-refractivity contribution in [3.63, 3.8) is 0 Å². The number of hydrogen-bond donors (Lipinski definition) is 1. The van der Waals surface area contributed by atoms with Gasteiger partial charge >= 0.3 is 0 Å². The Morgan fingerprint density at radius 3 is 2.89 bits per heavy atom. The van der Waals surface area contributed by atoms with Gasteiger partial charge in [-0.05, 0) is 29.8 Å². The summed E-state index contributed by atoms with van der Waals surface area (Å²) in [4.78, 5) is 21.5. The van der Waals surface area contributed by atoms with Gasteiger partial charge in [-0.2, -0.15) is 0 Å². The van der Waals surface area contributed by atoms with Crippen molar-refractivity contribution in [1.29, 1.82) is 0 Å². The largest absolute Gasteiger partial charge is 0.441 e. The van der Waals surface area contributed by atoms with Crippen molar-refractivity contribution in [2.24, 2.45) is 0 Å². The first kappa shape index (κ1) is 17.4. The van der Waals surface area contributed by atoms with Crippen LogP contribution in [0.2, 0.25) is 0 Å². The Kier molecular flexibility index (Phi) is 4.37. The van der Waals surface area contributed by atoms with Crippen LogP contribution in [0, 0.1) is 6.92 Å². The fourth-order valence-electron chi connectivity index (χ4n) is 4.21. The zero-order chi connectivity index (χ0) is 19.1. The molecule has 5 rings (SSSR count). The van der Waals surface area contributed by atoms with Crippen LogP contribution in [0.1, 0.15) is 11.5 Å². The second-order valence-corrected chi connectivity index (χ2v) is 7.66. The van der Waals surface area contributed by atoms with Gasteiger partial charge < -0.3 is 9.73 Å². The second kappa shape index (κ2) is 7.04. The van der Waals surface area contributed by atoms with Crippen molar-refractivity contribution in [3.8, 4) is 11.5 Å². The van der Waals surface area contributed by atoms with Gasteiger partial charge in [0.15, 0.2) is 0 Å². The Bertz CT molecular complexity index is 1030. The normalized spacial score (nSPS) is 20.9. The molecule has 2 saturated heterocycles. The minimum Gasteiger partial charge on any atom is -0.441 e. The van der Waals surface area contributed by atoms with E-state index in [1.807, 2.05) is 19.1 Å². The number of nitrogens with zero attached hydrogens (tertiary/aromatic N) is 3. The zero-order valence-electron chi connectivity index (χ0n) is 16.0. The van der Waals surface area contributed by atoms with Crippen molar-refractivity contribution in [2.45, 2.75) is 19.5 Å². The number of benzene rings is 2. The van der Waals surface area contributed by atoms with E-state index in [4.69, 9.17) is 9.40 Å². The standard InChI is InChI=1S/C22H24N4O2/c1-15-19(13-25-10-11-26-9-8-23-21(27)20(26)14-25)24-22(28-15)18-7-6-16-4-2-3-5-17(16)12-18/h2-7,12,20H,8-11,13-14H2,1H3,(H,23,27). The summed E-state index contributed by atoms with van der Waals surface area (Å²) in [6.07, 6.45) is 0. The highest BCUT2D eigenvalue weighted by Crippen LogP contribution is 2.26. The molecule has 2 aliphatic heterocycles. The van der Waals surface area contributed by atoms with Crippen LogP contribution in [-0.4, -0.2) is 59.5 Å². The molecule has 2 aliphatic rings. The maximum Gasteiger partial charge on any atom is 0.238 e. The van der Waals surface area contributed by atoms with E-state index < -0.39 is 0 Å². The van der Waals surface area contributed by atoms with E-state index in [1.165, 1.54) is 10.8 Å². The maximum absolute atomic E-state index is 12.2. The summed E-state index contributed by atoms with van der Waals surface area (Å²) < 4.78 is 5.99. The molecule has 0 bridgehead atoms. The first-order chi connectivity index (χ1) is 13.7. The van der Waals surface area contributed by atoms with Gasteiger partial charge in [0.05, 0.1) is 5.69 Å². The van der Waals surface area contributed by atoms with Gasteiger partial charge in [-0.15, -0.1) is 0 Å². The minimum absolute atomic E-state index is 0.0466. The van der Waals surface area contributed by atoms with Crippen LogP contribution in [0.5, 0.6) is 0 Å². The summed E-state index contributed by atoms with van der Waals surface area (Å²) in [5.41, 5.74) is 1.94. The third-order valence-electron chi connectivity index (χ3n) is 5.84. The van der Waals surface area contributed by atoms with Gasteiger partial charge in [0.25, 0.3) is 0 Å². The summed E-state index contributed by atoms with van der Waals surface area (Å²) in [7, 11) is 0. The fourth-order valence-corrected chi connectivity index (χ4v) is 4.21. The quantitative estimate of drug-likeness (QED) is 0.761. The minimum atomic E-state index is -0.0466. The van der Waals surface area contributed by atoms with Crippen LogP contribution in [-0.2, 0) is 11.3 Å². The molecule has 2 aromatic carbocycles. The van der Waals surface area contributed by atoms with E-state index in [9.17, 15) is 4.79 Å². The number of rotatable bonds is 3. The van der Waals surface area contributed by atoms with Crippen molar-refractivity contribution < 1.29 is 9.21 Å². The van der Waals surface area contributed by atoms with E-state index in [-0.39, 0.29) is 11.9 Å². The number of aromatic nitrogens is 1. The number of fused-ring (bicyclic) bond motifs is 2. The molecule has 144 valence electrons. The Morgan fingerprint density at radius 2 is 2.00 bits per heavy atom. The molecule has 0 saturated carbocycles. The average molecular weight is 376 g/mol. The number of hydrogen-bond acceptors (Lipinski definition) is 5. The van der Waals surface area contributed by atoms with Gasteiger partial charge in [0, 0.05) is 44.8 Å². The summed E-state index contributed by atoms with van der Waals surface area (Å²) in [5.74, 6) is 1.65. The van der Waals surface area contributed by atoms with Crippen molar-refractivity contribution >= 4 is 16.7 Å². The third kappa shape index (κ3) is 3.19. The summed E-state index contributed by atoms with van der Waals surface area (Å²) in [5, 5.41) is 5.36. The van der Waals surface area contributed by atoms with E-state index >= 15 is 0 Å². The highest BCUT2D eigenvalue weighted by Gasteiger charge is 2.35. The fraction of sp³-hybridized carbons (Fsp3) is 0.364. The van der Waals surface area contributed by atoms with Gasteiger partial charge in [-0.3, -0.25) is 14.6 Å². The number of aryl methyl sites for hydroxylation is 1. The van der Waals surface area contributed by atoms with E-state index in [0.717, 1.165) is 49.7 Å². The second-order valence-electron chi connectivity index (χ2n) is 7.66. The maximum atomic E-state index is 12.2. The van der Waals surface area contributed by atoms with Gasteiger partial charge in [-0.1, -0.05) is 30.3 Å². The predicted molar refractivity (Wildman–Crippen MR) is 108 cm³/mol. The molecule has 6 heteroatoms. The number of nitrogens with one attached hydrogen (secondary N) is 1. The lowest BCUT2D eigenvalue weighted by atomic mass is 10.1. The molecule has 0 spiro atoms. The van der Waals surface area contributed by atoms with Gasteiger partial charge in [0.2, 0.25) is 11.8 Å². The molecule has 3 heterocycles. The monoisotopic (exact) mass is 376 g/mol. The lowest BCUT2D eigenvalue weighted by Crippen LogP contribution is -2.63. The molecular weight excluding hydrogens is 352 g/mol. The first-order valence-corrected chi connectivity index (χ1v) is 9.87. The topological polar surface area (TPSA) is 61.6 Å². The zero-order valence-corrected chi connectivity index (χ0v) is 16.0. The molecule has 3 aromatic rings. The van der Waals surface area contributed by atoms with Crippen LogP contribution in [0.15, 0.2) is 46.9 Å². The molecule has 28 heavy (non-hydrogen) atoms. The first-order valence-electron chi connectivity index (χ1n) is 9.87. The SMILES string of the molecule is Cc1oc(-c2ccc3ccccc3c2)nc1CN1CCN2CCNC(=O)C2C1. The summed E-state index contributed by atoms with van der Waals surface area (Å²) >= 11 is 0. The van der Waals surface area contributed by atoms with Crippen molar-refractivity contribution in [3.05, 3.63) is 53.9 Å². The number of carbonyl (C=O) groups is 1. The highest BCUT2D eigenvalue weighted by molar-refractivity contribution is 5.86. The molecule has 1 unspecified atom stereocenters. The van der Waals surface area contributed by atoms with E-state index in [2.05, 4.69) is 45.4 Å². The summed E-state index contributed by atoms with van der Waals surface area (Å²) in [6, 6.07) is 14.5. The average Bonchev–Trinajstić information content (AvgIpc) is 3.08. The van der Waals surface area contributed by atoms with E-state index in [0.29, 0.717) is 12.4 Å².